The minimum absolute atomic E-state index is 0.333. The van der Waals surface area contributed by atoms with Crippen LogP contribution in [0.5, 0.6) is 0 Å². The minimum atomic E-state index is 0.333. The number of hydrogen-bond acceptors (Lipinski definition) is 4. The van der Waals surface area contributed by atoms with Crippen LogP contribution in [0.1, 0.15) is 18.5 Å². The van der Waals surface area contributed by atoms with E-state index in [9.17, 15) is 0 Å². The van der Waals surface area contributed by atoms with Crippen LogP contribution in [0.15, 0.2) is 30.3 Å². The third kappa shape index (κ3) is 3.41. The maximum absolute atomic E-state index is 6.33. The second-order valence-corrected chi connectivity index (χ2v) is 8.18. The van der Waals surface area contributed by atoms with Crippen molar-refractivity contribution in [1.29, 1.82) is 0 Å². The van der Waals surface area contributed by atoms with Crippen molar-refractivity contribution in [2.45, 2.75) is 24.9 Å². The molecule has 2 aliphatic rings. The predicted octanol–water partition coefficient (Wildman–Crippen LogP) is 3.10. The van der Waals surface area contributed by atoms with E-state index in [1.165, 1.54) is 25.9 Å². The number of hydrogen-bond donors (Lipinski definition) is 0. The highest BCUT2D eigenvalue weighted by Gasteiger charge is 2.41. The van der Waals surface area contributed by atoms with Crippen LogP contribution in [0, 0.1) is 0 Å². The molecule has 3 heterocycles. The average Bonchev–Trinajstić information content (AvgIpc) is 2.62. The van der Waals surface area contributed by atoms with Crippen LogP contribution in [0.25, 0.3) is 10.9 Å². The van der Waals surface area contributed by atoms with Gasteiger partial charge in [-0.2, -0.15) is 0 Å². The van der Waals surface area contributed by atoms with Crippen LogP contribution in [0.2, 0.25) is 5.02 Å². The summed E-state index contributed by atoms with van der Waals surface area (Å²) in [5.74, 6) is 0. The first kappa shape index (κ1) is 17.2. The summed E-state index contributed by atoms with van der Waals surface area (Å²) >= 11 is 6.33. The first-order chi connectivity index (χ1) is 12.1. The van der Waals surface area contributed by atoms with E-state index < -0.39 is 0 Å². The van der Waals surface area contributed by atoms with Gasteiger partial charge in [0.25, 0.3) is 0 Å². The van der Waals surface area contributed by atoms with Gasteiger partial charge in [0.2, 0.25) is 0 Å². The number of fused-ring (bicyclic) bond motifs is 1. The van der Waals surface area contributed by atoms with Crippen LogP contribution in [-0.4, -0.2) is 72.0 Å². The van der Waals surface area contributed by atoms with E-state index in [4.69, 9.17) is 16.6 Å². The fourth-order valence-corrected chi connectivity index (χ4v) is 4.55. The van der Waals surface area contributed by atoms with Gasteiger partial charge >= 0.3 is 0 Å². The lowest BCUT2D eigenvalue weighted by Crippen LogP contribution is -2.63. The SMILES string of the molecule is CN1CCC2(CC1)CN(Cc1ccc3cccc(Cl)c3n1)CCN2C. The van der Waals surface area contributed by atoms with Gasteiger partial charge in [-0.1, -0.05) is 29.8 Å². The molecular weight excluding hydrogens is 332 g/mol. The summed E-state index contributed by atoms with van der Waals surface area (Å²) in [4.78, 5) is 12.5. The van der Waals surface area contributed by atoms with Crippen molar-refractivity contribution in [3.8, 4) is 0 Å². The Labute approximate surface area is 155 Å². The van der Waals surface area contributed by atoms with Gasteiger partial charge in [0.05, 0.1) is 16.2 Å². The number of aromatic nitrogens is 1. The summed E-state index contributed by atoms with van der Waals surface area (Å²) < 4.78 is 0. The predicted molar refractivity (Wildman–Crippen MR) is 104 cm³/mol. The highest BCUT2D eigenvalue weighted by molar-refractivity contribution is 6.35. The Morgan fingerprint density at radius 3 is 2.64 bits per heavy atom. The molecule has 4 rings (SSSR count). The lowest BCUT2D eigenvalue weighted by Gasteiger charge is -2.52. The molecule has 2 fully saturated rings. The molecule has 0 bridgehead atoms. The number of halogens is 1. The number of para-hydroxylation sites is 1. The van der Waals surface area contributed by atoms with Crippen molar-refractivity contribution in [1.82, 2.24) is 19.7 Å². The van der Waals surface area contributed by atoms with E-state index >= 15 is 0 Å². The van der Waals surface area contributed by atoms with Gasteiger partial charge in [0, 0.05) is 37.1 Å². The second-order valence-electron chi connectivity index (χ2n) is 7.77. The summed E-state index contributed by atoms with van der Waals surface area (Å²) in [7, 11) is 4.53. The lowest BCUT2D eigenvalue weighted by molar-refractivity contribution is -0.0261. The fourth-order valence-electron chi connectivity index (χ4n) is 4.32. The van der Waals surface area contributed by atoms with Crippen LogP contribution in [-0.2, 0) is 6.54 Å². The van der Waals surface area contributed by atoms with Crippen LogP contribution in [0.3, 0.4) is 0 Å². The first-order valence-electron chi connectivity index (χ1n) is 9.22. The third-order valence-corrected chi connectivity index (χ3v) is 6.42. The largest absolute Gasteiger partial charge is 0.306 e. The van der Waals surface area contributed by atoms with Gasteiger partial charge in [0.15, 0.2) is 0 Å². The van der Waals surface area contributed by atoms with E-state index in [0.29, 0.717) is 5.54 Å². The molecule has 0 atom stereocenters. The fraction of sp³-hybridized carbons (Fsp3) is 0.550. The number of benzene rings is 1. The minimum Gasteiger partial charge on any atom is -0.306 e. The molecular formula is C20H27ClN4. The van der Waals surface area contributed by atoms with Crippen molar-refractivity contribution in [2.24, 2.45) is 0 Å². The normalized spacial score (nSPS) is 22.7. The molecule has 2 saturated heterocycles. The van der Waals surface area contributed by atoms with Crippen molar-refractivity contribution in [2.75, 3.05) is 46.8 Å². The van der Waals surface area contributed by atoms with Gasteiger partial charge in [-0.25, -0.2) is 4.98 Å². The second kappa shape index (κ2) is 6.84. The van der Waals surface area contributed by atoms with Crippen LogP contribution >= 0.6 is 11.6 Å². The molecule has 1 aromatic heterocycles. The standard InChI is InChI=1S/C20H27ClN4/c1-23-10-8-20(9-11-23)15-25(13-12-24(20)2)14-17-7-6-16-4-3-5-18(21)19(16)22-17/h3-7H,8-15H2,1-2H3. The summed E-state index contributed by atoms with van der Waals surface area (Å²) in [5.41, 5.74) is 2.37. The Balaban J connectivity index is 1.52. The summed E-state index contributed by atoms with van der Waals surface area (Å²) in [6.45, 7) is 6.69. The molecule has 1 aromatic carbocycles. The van der Waals surface area contributed by atoms with Crippen molar-refractivity contribution < 1.29 is 0 Å². The Kier molecular flexibility index (Phi) is 4.71. The van der Waals surface area contributed by atoms with E-state index in [2.05, 4.69) is 47.0 Å². The number of nitrogens with zero attached hydrogens (tertiary/aromatic N) is 4. The quantitative estimate of drug-likeness (QED) is 0.822. The molecule has 0 aliphatic carbocycles. The van der Waals surface area contributed by atoms with E-state index in [0.717, 1.165) is 47.8 Å². The monoisotopic (exact) mass is 358 g/mol. The number of pyridine rings is 1. The topological polar surface area (TPSA) is 22.6 Å². The summed E-state index contributed by atoms with van der Waals surface area (Å²) in [6.07, 6.45) is 2.51. The van der Waals surface area contributed by atoms with Gasteiger partial charge in [-0.15, -0.1) is 0 Å². The molecule has 1 spiro atoms. The molecule has 0 radical (unpaired) electrons. The van der Waals surface area contributed by atoms with Gasteiger partial charge in [0.1, 0.15) is 0 Å². The van der Waals surface area contributed by atoms with Crippen LogP contribution < -0.4 is 0 Å². The zero-order valence-corrected chi connectivity index (χ0v) is 16.0. The van der Waals surface area contributed by atoms with Crippen molar-refractivity contribution in [3.05, 3.63) is 41.0 Å². The Bertz CT molecular complexity index is 754. The van der Waals surface area contributed by atoms with Crippen LogP contribution in [0.4, 0.5) is 0 Å². The zero-order valence-electron chi connectivity index (χ0n) is 15.2. The van der Waals surface area contributed by atoms with Gasteiger partial charge in [-0.3, -0.25) is 9.80 Å². The molecule has 134 valence electrons. The van der Waals surface area contributed by atoms with Gasteiger partial charge in [-0.05, 0) is 52.2 Å². The molecule has 0 N–H and O–H groups in total. The molecule has 4 nitrogen and oxygen atoms in total. The van der Waals surface area contributed by atoms with E-state index in [1.807, 2.05) is 12.1 Å². The molecule has 0 unspecified atom stereocenters. The maximum atomic E-state index is 6.33. The number of piperidine rings is 1. The number of likely N-dealkylation sites (N-methyl/N-ethyl adjacent to an activating group) is 1. The number of likely N-dealkylation sites (tertiary alicyclic amines) is 1. The molecule has 0 saturated carbocycles. The molecule has 0 amide bonds. The highest BCUT2D eigenvalue weighted by Crippen LogP contribution is 2.32. The van der Waals surface area contributed by atoms with Crippen molar-refractivity contribution >= 4 is 22.5 Å². The third-order valence-electron chi connectivity index (χ3n) is 6.11. The zero-order chi connectivity index (χ0) is 17.4. The van der Waals surface area contributed by atoms with E-state index in [1.54, 1.807) is 0 Å². The molecule has 2 aromatic rings. The Hall–Kier alpha value is -1.20. The first-order valence-corrected chi connectivity index (χ1v) is 9.60. The van der Waals surface area contributed by atoms with Crippen molar-refractivity contribution in [3.63, 3.8) is 0 Å². The number of piperazine rings is 1. The molecule has 25 heavy (non-hydrogen) atoms. The molecule has 2 aliphatic heterocycles. The highest BCUT2D eigenvalue weighted by atomic mass is 35.5. The average molecular weight is 359 g/mol. The molecule has 5 heteroatoms. The Morgan fingerprint density at radius 2 is 1.84 bits per heavy atom. The van der Waals surface area contributed by atoms with Gasteiger partial charge < -0.3 is 4.90 Å². The van der Waals surface area contributed by atoms with E-state index in [-0.39, 0.29) is 0 Å². The summed E-state index contributed by atoms with van der Waals surface area (Å²) in [5, 5.41) is 1.85. The number of rotatable bonds is 2. The smallest absolute Gasteiger partial charge is 0.0891 e. The lowest BCUT2D eigenvalue weighted by atomic mass is 9.84. The Morgan fingerprint density at radius 1 is 1.04 bits per heavy atom. The summed E-state index contributed by atoms with van der Waals surface area (Å²) in [6, 6.07) is 10.3. The maximum Gasteiger partial charge on any atom is 0.0891 e.